The highest BCUT2D eigenvalue weighted by Crippen LogP contribution is 2.28. The van der Waals surface area contributed by atoms with E-state index >= 15 is 0 Å². The van der Waals surface area contributed by atoms with Crippen molar-refractivity contribution in [1.29, 1.82) is 0 Å². The number of rotatable bonds is 8. The van der Waals surface area contributed by atoms with Gasteiger partial charge in [-0.1, -0.05) is 33.6 Å². The fourth-order valence-corrected chi connectivity index (χ4v) is 3.09. The molecule has 1 aliphatic carbocycles. The monoisotopic (exact) mass is 289 g/mol. The molecule has 0 amide bonds. The Balaban J connectivity index is 2.10. The Morgan fingerprint density at radius 3 is 2.76 bits per heavy atom. The molecule has 1 saturated carbocycles. The number of aromatic nitrogens is 1. The van der Waals surface area contributed by atoms with E-state index in [4.69, 9.17) is 0 Å². The van der Waals surface area contributed by atoms with Gasteiger partial charge < -0.3 is 10.2 Å². The zero-order valence-electron chi connectivity index (χ0n) is 13.9. The number of hydrogen-bond acceptors (Lipinski definition) is 3. The minimum Gasteiger partial charge on any atom is -0.354 e. The van der Waals surface area contributed by atoms with Crippen molar-refractivity contribution in [1.82, 2.24) is 10.3 Å². The van der Waals surface area contributed by atoms with E-state index in [1.807, 2.05) is 6.20 Å². The molecule has 1 aromatic rings. The molecular weight excluding hydrogens is 258 g/mol. The van der Waals surface area contributed by atoms with Crippen LogP contribution in [0.4, 0.5) is 5.82 Å². The number of anilines is 1. The van der Waals surface area contributed by atoms with Crippen molar-refractivity contribution in [3.05, 3.63) is 23.9 Å². The lowest BCUT2D eigenvalue weighted by Crippen LogP contribution is -2.35. The second kappa shape index (κ2) is 8.38. The highest BCUT2D eigenvalue weighted by molar-refractivity contribution is 5.42. The third-order valence-electron chi connectivity index (χ3n) is 4.40. The standard InChI is InChI=1S/C18H31N3/c1-4-19-14-16-9-11-20-18(13-16)21(12-10-15(2)3)17-7-5-6-8-17/h9,11,13,15,17,19H,4-8,10,12,14H2,1-3H3. The molecule has 1 heterocycles. The third kappa shape index (κ3) is 4.99. The Labute approximate surface area is 130 Å². The van der Waals surface area contributed by atoms with Crippen molar-refractivity contribution in [2.75, 3.05) is 18.0 Å². The van der Waals surface area contributed by atoms with Gasteiger partial charge in [-0.25, -0.2) is 4.98 Å². The molecule has 0 radical (unpaired) electrons. The molecular formula is C18H31N3. The van der Waals surface area contributed by atoms with Crippen molar-refractivity contribution in [2.24, 2.45) is 5.92 Å². The SMILES string of the molecule is CCNCc1ccnc(N(CCC(C)C)C2CCCC2)c1. The minimum atomic E-state index is 0.700. The summed E-state index contributed by atoms with van der Waals surface area (Å²) in [5.74, 6) is 1.93. The number of hydrogen-bond donors (Lipinski definition) is 1. The van der Waals surface area contributed by atoms with Gasteiger partial charge in [-0.3, -0.25) is 0 Å². The van der Waals surface area contributed by atoms with Crippen molar-refractivity contribution in [2.45, 2.75) is 65.5 Å². The van der Waals surface area contributed by atoms with Crippen LogP contribution in [-0.2, 0) is 6.54 Å². The lowest BCUT2D eigenvalue weighted by molar-refractivity contribution is 0.525. The van der Waals surface area contributed by atoms with Gasteiger partial charge in [0.15, 0.2) is 0 Å². The maximum absolute atomic E-state index is 4.67. The average molecular weight is 289 g/mol. The van der Waals surface area contributed by atoms with Gasteiger partial charge >= 0.3 is 0 Å². The van der Waals surface area contributed by atoms with Crippen molar-refractivity contribution in [3.8, 4) is 0 Å². The lowest BCUT2D eigenvalue weighted by atomic mass is 10.1. The molecule has 1 fully saturated rings. The van der Waals surface area contributed by atoms with Crippen molar-refractivity contribution in [3.63, 3.8) is 0 Å². The Kier molecular flexibility index (Phi) is 6.50. The first-order chi connectivity index (χ1) is 10.2. The summed E-state index contributed by atoms with van der Waals surface area (Å²) >= 11 is 0. The summed E-state index contributed by atoms with van der Waals surface area (Å²) in [7, 11) is 0. The van der Waals surface area contributed by atoms with Gasteiger partial charge in [-0.2, -0.15) is 0 Å². The van der Waals surface area contributed by atoms with Gasteiger partial charge in [-0.15, -0.1) is 0 Å². The molecule has 1 aliphatic rings. The fourth-order valence-electron chi connectivity index (χ4n) is 3.09. The molecule has 0 spiro atoms. The molecule has 2 rings (SSSR count). The molecule has 0 aliphatic heterocycles. The first kappa shape index (κ1) is 16.3. The number of nitrogens with one attached hydrogen (secondary N) is 1. The lowest BCUT2D eigenvalue weighted by Gasteiger charge is -2.31. The second-order valence-electron chi connectivity index (χ2n) is 6.62. The van der Waals surface area contributed by atoms with Crippen LogP contribution in [0.2, 0.25) is 0 Å². The Morgan fingerprint density at radius 1 is 1.33 bits per heavy atom. The average Bonchev–Trinajstić information content (AvgIpc) is 2.99. The van der Waals surface area contributed by atoms with Gasteiger partial charge in [-0.05, 0) is 49.4 Å². The maximum Gasteiger partial charge on any atom is 0.129 e. The summed E-state index contributed by atoms with van der Waals surface area (Å²) in [4.78, 5) is 7.24. The van der Waals surface area contributed by atoms with Crippen LogP contribution in [0.1, 0.15) is 58.4 Å². The summed E-state index contributed by atoms with van der Waals surface area (Å²) in [6.07, 6.45) is 8.63. The summed E-state index contributed by atoms with van der Waals surface area (Å²) in [5, 5.41) is 3.40. The van der Waals surface area contributed by atoms with Gasteiger partial charge in [0.25, 0.3) is 0 Å². The quantitative estimate of drug-likeness (QED) is 0.784. The molecule has 3 nitrogen and oxygen atoms in total. The molecule has 21 heavy (non-hydrogen) atoms. The molecule has 0 unspecified atom stereocenters. The number of pyridine rings is 1. The largest absolute Gasteiger partial charge is 0.354 e. The highest BCUT2D eigenvalue weighted by Gasteiger charge is 2.23. The van der Waals surface area contributed by atoms with Crippen molar-refractivity contribution < 1.29 is 0 Å². The van der Waals surface area contributed by atoms with E-state index in [1.165, 1.54) is 43.5 Å². The number of nitrogens with zero attached hydrogens (tertiary/aromatic N) is 2. The van der Waals surface area contributed by atoms with Crippen LogP contribution in [0, 0.1) is 5.92 Å². The van der Waals surface area contributed by atoms with Crippen LogP contribution in [0.3, 0.4) is 0 Å². The second-order valence-corrected chi connectivity index (χ2v) is 6.62. The molecule has 0 aromatic carbocycles. The van der Waals surface area contributed by atoms with Gasteiger partial charge in [0.05, 0.1) is 0 Å². The summed E-state index contributed by atoms with van der Waals surface area (Å²) in [6, 6.07) is 5.11. The van der Waals surface area contributed by atoms with Crippen LogP contribution >= 0.6 is 0 Å². The normalized spacial score (nSPS) is 15.8. The maximum atomic E-state index is 4.67. The summed E-state index contributed by atoms with van der Waals surface area (Å²) in [6.45, 7) is 9.85. The molecule has 118 valence electrons. The van der Waals surface area contributed by atoms with Crippen LogP contribution < -0.4 is 10.2 Å². The molecule has 3 heteroatoms. The van der Waals surface area contributed by atoms with Gasteiger partial charge in [0.2, 0.25) is 0 Å². The molecule has 0 bridgehead atoms. The first-order valence-corrected chi connectivity index (χ1v) is 8.63. The van der Waals surface area contributed by atoms with Gasteiger partial charge in [0, 0.05) is 25.3 Å². The smallest absolute Gasteiger partial charge is 0.129 e. The van der Waals surface area contributed by atoms with E-state index in [9.17, 15) is 0 Å². The van der Waals surface area contributed by atoms with E-state index in [0.717, 1.165) is 25.6 Å². The minimum absolute atomic E-state index is 0.700. The summed E-state index contributed by atoms with van der Waals surface area (Å²) in [5.41, 5.74) is 1.34. The molecule has 0 atom stereocenters. The van der Waals surface area contributed by atoms with Gasteiger partial charge in [0.1, 0.15) is 5.82 Å². The van der Waals surface area contributed by atoms with E-state index in [2.05, 4.69) is 48.1 Å². The van der Waals surface area contributed by atoms with E-state index < -0.39 is 0 Å². The Morgan fingerprint density at radius 2 is 2.10 bits per heavy atom. The Bertz CT molecular complexity index is 411. The topological polar surface area (TPSA) is 28.2 Å². The molecule has 0 saturated heterocycles. The van der Waals surface area contributed by atoms with Crippen LogP contribution in [0.5, 0.6) is 0 Å². The Hall–Kier alpha value is -1.09. The zero-order chi connectivity index (χ0) is 15.1. The first-order valence-electron chi connectivity index (χ1n) is 8.63. The van der Waals surface area contributed by atoms with Crippen LogP contribution in [0.15, 0.2) is 18.3 Å². The molecule has 1 N–H and O–H groups in total. The predicted molar refractivity (Wildman–Crippen MR) is 90.7 cm³/mol. The van der Waals surface area contributed by atoms with E-state index in [0.29, 0.717) is 6.04 Å². The van der Waals surface area contributed by atoms with E-state index in [1.54, 1.807) is 0 Å². The van der Waals surface area contributed by atoms with Crippen molar-refractivity contribution >= 4 is 5.82 Å². The molecule has 1 aromatic heterocycles. The predicted octanol–water partition coefficient (Wildman–Crippen LogP) is 3.99. The highest BCUT2D eigenvalue weighted by atomic mass is 15.2. The van der Waals surface area contributed by atoms with E-state index in [-0.39, 0.29) is 0 Å². The fraction of sp³-hybridized carbons (Fsp3) is 0.722. The van der Waals surface area contributed by atoms with Crippen LogP contribution in [-0.4, -0.2) is 24.1 Å². The van der Waals surface area contributed by atoms with Crippen LogP contribution in [0.25, 0.3) is 0 Å². The third-order valence-corrected chi connectivity index (χ3v) is 4.40. The summed E-state index contributed by atoms with van der Waals surface area (Å²) < 4.78 is 0. The zero-order valence-corrected chi connectivity index (χ0v) is 13.9.